The van der Waals surface area contributed by atoms with Gasteiger partial charge in [-0.25, -0.2) is 0 Å². The second kappa shape index (κ2) is 6.01. The molecule has 0 bridgehead atoms. The summed E-state index contributed by atoms with van der Waals surface area (Å²) in [5.74, 6) is 0. The maximum Gasteiger partial charge on any atom is 0.0462 e. The van der Waals surface area contributed by atoms with Crippen molar-refractivity contribution in [2.75, 3.05) is 6.17 Å². The normalized spacial score (nSPS) is 10.6. The number of hydrogen-bond donors (Lipinski definition) is 0. The van der Waals surface area contributed by atoms with Crippen LogP contribution in [0.15, 0.2) is 4.99 Å². The fraction of sp³-hybridized carbons (Fsp3) is 0.857. The van der Waals surface area contributed by atoms with Crippen molar-refractivity contribution in [2.24, 2.45) is 4.99 Å². The van der Waals surface area contributed by atoms with Crippen molar-refractivity contribution in [3.05, 3.63) is 0 Å². The fourth-order valence-electron chi connectivity index (χ4n) is 0.664. The molecule has 1 nitrogen and oxygen atoms in total. The lowest BCUT2D eigenvalue weighted by molar-refractivity contribution is 1.06. The summed E-state index contributed by atoms with van der Waals surface area (Å²) in [6.45, 7) is 6.39. The first kappa shape index (κ1) is 8.89. The van der Waals surface area contributed by atoms with Gasteiger partial charge in [-0.1, -0.05) is 19.4 Å². The molecule has 0 amide bonds. The van der Waals surface area contributed by atoms with Gasteiger partial charge in [-0.05, 0) is 13.8 Å². The molecule has 0 spiro atoms. The first-order chi connectivity index (χ1) is 4.27. The lowest BCUT2D eigenvalue weighted by Gasteiger charge is -1.91. The Morgan fingerprint density at radius 3 is 2.56 bits per heavy atom. The number of rotatable bonds is 4. The van der Waals surface area contributed by atoms with Crippen molar-refractivity contribution in [1.29, 1.82) is 0 Å². The van der Waals surface area contributed by atoms with Crippen LogP contribution in [0.5, 0.6) is 0 Å². The van der Waals surface area contributed by atoms with Crippen molar-refractivity contribution in [3.63, 3.8) is 0 Å². The standard InChI is InChI=1S/C7H17NSi/c1-4-5-9-6-8-7(2)3/h4-6,9H2,1-3H3. The van der Waals surface area contributed by atoms with Crippen LogP contribution >= 0.6 is 0 Å². The summed E-state index contributed by atoms with van der Waals surface area (Å²) in [4.78, 5) is 4.34. The third-order valence-electron chi connectivity index (χ3n) is 1.19. The Bertz CT molecular complexity index is 84.9. The molecule has 0 saturated heterocycles. The highest BCUT2D eigenvalue weighted by Crippen LogP contribution is 1.85. The summed E-state index contributed by atoms with van der Waals surface area (Å²) in [6, 6.07) is 1.46. The highest BCUT2D eigenvalue weighted by molar-refractivity contribution is 6.35. The molecular weight excluding hydrogens is 126 g/mol. The molecule has 0 aromatic rings. The van der Waals surface area contributed by atoms with Crippen molar-refractivity contribution < 1.29 is 0 Å². The zero-order valence-electron chi connectivity index (χ0n) is 6.78. The van der Waals surface area contributed by atoms with E-state index in [-0.39, 0.29) is 9.52 Å². The van der Waals surface area contributed by atoms with Gasteiger partial charge in [0.2, 0.25) is 0 Å². The van der Waals surface area contributed by atoms with Crippen molar-refractivity contribution in [2.45, 2.75) is 33.2 Å². The SMILES string of the molecule is CCC[SiH2]CN=C(C)C. The van der Waals surface area contributed by atoms with Gasteiger partial charge in [-0.2, -0.15) is 0 Å². The van der Waals surface area contributed by atoms with Gasteiger partial charge < -0.3 is 0 Å². The number of nitrogens with zero attached hydrogens (tertiary/aromatic N) is 1. The zero-order chi connectivity index (χ0) is 7.11. The molecule has 0 aromatic carbocycles. The maximum absolute atomic E-state index is 4.34. The third kappa shape index (κ3) is 7.89. The van der Waals surface area contributed by atoms with Gasteiger partial charge in [0, 0.05) is 21.4 Å². The van der Waals surface area contributed by atoms with E-state index >= 15 is 0 Å². The van der Waals surface area contributed by atoms with Gasteiger partial charge in [0.1, 0.15) is 0 Å². The first-order valence-electron chi connectivity index (χ1n) is 3.75. The van der Waals surface area contributed by atoms with Gasteiger partial charge in [0.05, 0.1) is 0 Å². The Morgan fingerprint density at radius 1 is 1.44 bits per heavy atom. The lowest BCUT2D eigenvalue weighted by atomic mass is 10.5. The smallest absolute Gasteiger partial charge is 0.0462 e. The Hall–Kier alpha value is -0.113. The van der Waals surface area contributed by atoms with Crippen molar-refractivity contribution in [1.82, 2.24) is 0 Å². The molecule has 0 rings (SSSR count). The Balaban J connectivity index is 3.00. The minimum Gasteiger partial charge on any atom is -0.299 e. The van der Waals surface area contributed by atoms with Crippen molar-refractivity contribution in [3.8, 4) is 0 Å². The van der Waals surface area contributed by atoms with E-state index in [0.29, 0.717) is 0 Å². The molecule has 0 heterocycles. The average molecular weight is 143 g/mol. The molecule has 0 N–H and O–H groups in total. The highest BCUT2D eigenvalue weighted by atomic mass is 28.2. The van der Waals surface area contributed by atoms with E-state index < -0.39 is 0 Å². The van der Waals surface area contributed by atoms with E-state index in [2.05, 4.69) is 25.8 Å². The van der Waals surface area contributed by atoms with Crippen LogP contribution in [0.3, 0.4) is 0 Å². The van der Waals surface area contributed by atoms with Crippen LogP contribution < -0.4 is 0 Å². The minimum atomic E-state index is 0.181. The van der Waals surface area contributed by atoms with E-state index in [1.807, 2.05) is 0 Å². The van der Waals surface area contributed by atoms with E-state index in [1.54, 1.807) is 0 Å². The molecule has 0 radical (unpaired) electrons. The van der Waals surface area contributed by atoms with Crippen molar-refractivity contribution >= 4 is 15.2 Å². The van der Waals surface area contributed by atoms with E-state index in [0.717, 1.165) is 6.17 Å². The predicted octanol–water partition coefficient (Wildman–Crippen LogP) is 1.42. The lowest BCUT2D eigenvalue weighted by Crippen LogP contribution is -1.96. The van der Waals surface area contributed by atoms with Crippen LogP contribution in [-0.4, -0.2) is 21.4 Å². The summed E-state index contributed by atoms with van der Waals surface area (Å²) in [5.41, 5.74) is 1.23. The fourth-order valence-corrected chi connectivity index (χ4v) is 1.99. The zero-order valence-corrected chi connectivity index (χ0v) is 8.19. The quantitative estimate of drug-likeness (QED) is 0.321. The molecule has 2 heteroatoms. The Kier molecular flexibility index (Phi) is 5.94. The average Bonchev–Trinajstić information content (AvgIpc) is 1.80. The molecule has 0 aliphatic carbocycles. The first-order valence-corrected chi connectivity index (χ1v) is 5.75. The van der Waals surface area contributed by atoms with Gasteiger partial charge in [0.25, 0.3) is 0 Å². The number of aliphatic imine (C=N–C) groups is 1. The summed E-state index contributed by atoms with van der Waals surface area (Å²) in [5, 5.41) is 0. The molecule has 9 heavy (non-hydrogen) atoms. The molecule has 0 aliphatic rings. The Morgan fingerprint density at radius 2 is 2.11 bits per heavy atom. The number of hydrogen-bond acceptors (Lipinski definition) is 1. The van der Waals surface area contributed by atoms with Crippen LogP contribution in [0.2, 0.25) is 6.04 Å². The monoisotopic (exact) mass is 143 g/mol. The van der Waals surface area contributed by atoms with E-state index in [9.17, 15) is 0 Å². The largest absolute Gasteiger partial charge is 0.299 e. The van der Waals surface area contributed by atoms with Gasteiger partial charge in [-0.3, -0.25) is 4.99 Å². The highest BCUT2D eigenvalue weighted by Gasteiger charge is 1.83. The van der Waals surface area contributed by atoms with Gasteiger partial charge >= 0.3 is 0 Å². The molecule has 0 aliphatic heterocycles. The molecule has 0 atom stereocenters. The second-order valence-corrected chi connectivity index (χ2v) is 4.40. The van der Waals surface area contributed by atoms with Gasteiger partial charge in [0.15, 0.2) is 0 Å². The summed E-state index contributed by atoms with van der Waals surface area (Å²) < 4.78 is 0. The predicted molar refractivity (Wildman–Crippen MR) is 47.3 cm³/mol. The summed E-state index contributed by atoms with van der Waals surface area (Å²) in [6.07, 6.45) is 2.51. The molecular formula is C7H17NSi. The molecule has 0 aromatic heterocycles. The van der Waals surface area contributed by atoms with E-state index in [1.165, 1.54) is 18.2 Å². The van der Waals surface area contributed by atoms with Crippen LogP contribution in [0.1, 0.15) is 27.2 Å². The van der Waals surface area contributed by atoms with Crippen LogP contribution in [-0.2, 0) is 0 Å². The molecule has 0 fully saturated rings. The summed E-state index contributed by atoms with van der Waals surface area (Å²) >= 11 is 0. The minimum absolute atomic E-state index is 0.181. The maximum atomic E-state index is 4.34. The Labute approximate surface area is 60.4 Å². The molecule has 0 saturated carbocycles. The van der Waals surface area contributed by atoms with Crippen LogP contribution in [0.4, 0.5) is 0 Å². The third-order valence-corrected chi connectivity index (χ3v) is 2.94. The second-order valence-electron chi connectivity index (χ2n) is 2.54. The van der Waals surface area contributed by atoms with E-state index in [4.69, 9.17) is 0 Å². The van der Waals surface area contributed by atoms with Gasteiger partial charge in [-0.15, -0.1) is 0 Å². The topological polar surface area (TPSA) is 12.4 Å². The molecule has 54 valence electrons. The van der Waals surface area contributed by atoms with Crippen LogP contribution in [0.25, 0.3) is 0 Å². The summed E-state index contributed by atoms with van der Waals surface area (Å²) in [7, 11) is 0.181. The van der Waals surface area contributed by atoms with Crippen LogP contribution in [0, 0.1) is 0 Å². The molecule has 0 unspecified atom stereocenters.